The van der Waals surface area contributed by atoms with Crippen molar-refractivity contribution in [2.75, 3.05) is 25.0 Å². The Bertz CT molecular complexity index is 1080. The summed E-state index contributed by atoms with van der Waals surface area (Å²) in [5.41, 5.74) is 3.12. The molecule has 0 unspecified atom stereocenters. The fourth-order valence-corrected chi connectivity index (χ4v) is 4.29. The van der Waals surface area contributed by atoms with Crippen LogP contribution in [0.3, 0.4) is 0 Å². The Labute approximate surface area is 180 Å². The minimum Gasteiger partial charge on any atom is -0.368 e. The van der Waals surface area contributed by atoms with Gasteiger partial charge in [0.2, 0.25) is 5.95 Å². The van der Waals surface area contributed by atoms with Gasteiger partial charge in [-0.2, -0.15) is 0 Å². The van der Waals surface area contributed by atoms with Crippen LogP contribution in [0.25, 0.3) is 0 Å². The molecule has 31 heavy (non-hydrogen) atoms. The monoisotopic (exact) mass is 416 g/mol. The quantitative estimate of drug-likeness (QED) is 0.701. The van der Waals surface area contributed by atoms with Gasteiger partial charge in [-0.15, -0.1) is 0 Å². The summed E-state index contributed by atoms with van der Waals surface area (Å²) in [5, 5.41) is 3.13. The molecule has 2 aliphatic heterocycles. The molecule has 5 rings (SSSR count). The van der Waals surface area contributed by atoms with Crippen LogP contribution in [0.4, 0.5) is 11.6 Å². The number of amides is 1. The van der Waals surface area contributed by atoms with E-state index in [-0.39, 0.29) is 5.91 Å². The largest absolute Gasteiger partial charge is 0.368 e. The molecule has 0 radical (unpaired) electrons. The minimum atomic E-state index is -0.419. The maximum absolute atomic E-state index is 13.0. The summed E-state index contributed by atoms with van der Waals surface area (Å²) in [7, 11) is 0. The molecule has 1 amide bonds. The van der Waals surface area contributed by atoms with E-state index in [4.69, 9.17) is 9.72 Å². The lowest BCUT2D eigenvalue weighted by molar-refractivity contribution is -0.0968. The van der Waals surface area contributed by atoms with Gasteiger partial charge in [-0.1, -0.05) is 18.2 Å². The van der Waals surface area contributed by atoms with E-state index in [9.17, 15) is 4.79 Å². The number of piperidine rings is 1. The van der Waals surface area contributed by atoms with Crippen LogP contribution in [0.15, 0.2) is 48.9 Å². The van der Waals surface area contributed by atoms with Gasteiger partial charge in [0.1, 0.15) is 11.4 Å². The topological polar surface area (TPSA) is 93.1 Å². The van der Waals surface area contributed by atoms with Gasteiger partial charge < -0.3 is 15.0 Å². The van der Waals surface area contributed by atoms with Crippen LogP contribution in [-0.2, 0) is 16.8 Å². The highest BCUT2D eigenvalue weighted by atomic mass is 16.5. The molecule has 0 aliphatic carbocycles. The second-order valence-electron chi connectivity index (χ2n) is 7.96. The number of carbonyl (C=O) groups excluding carboxylic acids is 1. The first-order valence-electron chi connectivity index (χ1n) is 10.5. The first kappa shape index (κ1) is 19.6. The fraction of sp³-hybridized carbons (Fsp3) is 0.348. The van der Waals surface area contributed by atoms with Crippen LogP contribution in [0, 0.1) is 6.92 Å². The number of benzene rings is 1. The van der Waals surface area contributed by atoms with Gasteiger partial charge in [0.25, 0.3) is 5.91 Å². The standard InChI is InChI=1S/C23H24N6O2/c1-16-24-13-17-7-12-31-23(20(17)27-16)8-10-29(11-9-23)21(30)18-14-25-22(26-15-18)28-19-5-3-2-4-6-19/h2-6,13-15H,7-12H2,1H3,(H,25,26,28). The summed E-state index contributed by atoms with van der Waals surface area (Å²) in [5.74, 6) is 1.15. The fourth-order valence-electron chi connectivity index (χ4n) is 4.29. The van der Waals surface area contributed by atoms with Gasteiger partial charge in [0, 0.05) is 37.4 Å². The third-order valence-electron chi connectivity index (χ3n) is 5.95. The molecule has 158 valence electrons. The van der Waals surface area contributed by atoms with E-state index in [1.165, 1.54) is 0 Å². The lowest BCUT2D eigenvalue weighted by Gasteiger charge is -2.44. The zero-order valence-electron chi connectivity index (χ0n) is 17.4. The van der Waals surface area contributed by atoms with E-state index in [2.05, 4.69) is 20.3 Å². The molecule has 1 aromatic carbocycles. The van der Waals surface area contributed by atoms with Crippen LogP contribution >= 0.6 is 0 Å². The first-order valence-corrected chi connectivity index (χ1v) is 10.5. The van der Waals surface area contributed by atoms with E-state index in [0.29, 0.717) is 31.2 Å². The highest BCUT2D eigenvalue weighted by Crippen LogP contribution is 2.40. The molecule has 0 atom stereocenters. The second kappa shape index (κ2) is 8.03. The second-order valence-corrected chi connectivity index (χ2v) is 7.96. The maximum atomic E-state index is 13.0. The van der Waals surface area contributed by atoms with E-state index in [1.54, 1.807) is 12.4 Å². The molecule has 3 aromatic rings. The smallest absolute Gasteiger partial charge is 0.256 e. The van der Waals surface area contributed by atoms with Crippen molar-refractivity contribution in [1.82, 2.24) is 24.8 Å². The molecule has 2 aromatic heterocycles. The molecule has 0 bridgehead atoms. The predicted molar refractivity (Wildman–Crippen MR) is 115 cm³/mol. The zero-order chi connectivity index (χ0) is 21.3. The number of para-hydroxylation sites is 1. The summed E-state index contributed by atoms with van der Waals surface area (Å²) in [4.78, 5) is 32.5. The Kier molecular flexibility index (Phi) is 5.07. The number of anilines is 2. The lowest BCUT2D eigenvalue weighted by atomic mass is 9.83. The molecule has 1 saturated heterocycles. The Balaban J connectivity index is 1.26. The molecule has 1 N–H and O–H groups in total. The first-order chi connectivity index (χ1) is 15.1. The Morgan fingerprint density at radius 3 is 2.55 bits per heavy atom. The zero-order valence-corrected chi connectivity index (χ0v) is 17.4. The minimum absolute atomic E-state index is 0.0592. The summed E-state index contributed by atoms with van der Waals surface area (Å²) in [6.07, 6.45) is 7.35. The number of hydrogen-bond donors (Lipinski definition) is 1. The number of fused-ring (bicyclic) bond motifs is 2. The third kappa shape index (κ3) is 3.86. The van der Waals surface area contributed by atoms with Gasteiger partial charge in [0.15, 0.2) is 0 Å². The number of likely N-dealkylation sites (tertiary alicyclic amines) is 1. The molecule has 8 nitrogen and oxygen atoms in total. The summed E-state index contributed by atoms with van der Waals surface area (Å²) in [6, 6.07) is 9.69. The maximum Gasteiger partial charge on any atom is 0.256 e. The van der Waals surface area contributed by atoms with E-state index in [1.807, 2.05) is 48.4 Å². The van der Waals surface area contributed by atoms with Crippen LogP contribution in [0.2, 0.25) is 0 Å². The van der Waals surface area contributed by atoms with Gasteiger partial charge in [-0.3, -0.25) is 4.79 Å². The highest BCUT2D eigenvalue weighted by Gasteiger charge is 2.43. The molecule has 1 fully saturated rings. The molecule has 0 saturated carbocycles. The van der Waals surface area contributed by atoms with Crippen molar-refractivity contribution in [2.45, 2.75) is 31.8 Å². The van der Waals surface area contributed by atoms with E-state index in [0.717, 1.165) is 42.0 Å². The van der Waals surface area contributed by atoms with Crippen molar-refractivity contribution in [3.8, 4) is 0 Å². The Morgan fingerprint density at radius 2 is 1.81 bits per heavy atom. The van der Waals surface area contributed by atoms with Crippen molar-refractivity contribution in [1.29, 1.82) is 0 Å². The molecular weight excluding hydrogens is 392 g/mol. The number of carbonyl (C=O) groups is 1. The average molecular weight is 416 g/mol. The number of rotatable bonds is 3. The van der Waals surface area contributed by atoms with Gasteiger partial charge in [0.05, 0.1) is 17.9 Å². The lowest BCUT2D eigenvalue weighted by Crippen LogP contribution is -2.49. The van der Waals surface area contributed by atoms with Crippen molar-refractivity contribution in [3.05, 3.63) is 71.6 Å². The van der Waals surface area contributed by atoms with Crippen molar-refractivity contribution in [2.24, 2.45) is 0 Å². The highest BCUT2D eigenvalue weighted by molar-refractivity contribution is 5.93. The number of aromatic nitrogens is 4. The van der Waals surface area contributed by atoms with E-state index < -0.39 is 5.60 Å². The molecule has 4 heterocycles. The van der Waals surface area contributed by atoms with Gasteiger partial charge >= 0.3 is 0 Å². The number of nitrogens with one attached hydrogen (secondary N) is 1. The van der Waals surface area contributed by atoms with Gasteiger partial charge in [-0.05, 0) is 43.9 Å². The third-order valence-corrected chi connectivity index (χ3v) is 5.95. The molecule has 1 spiro atoms. The summed E-state index contributed by atoms with van der Waals surface area (Å²) in [6.45, 7) is 3.77. The normalized spacial score (nSPS) is 17.3. The average Bonchev–Trinajstić information content (AvgIpc) is 2.81. The van der Waals surface area contributed by atoms with Crippen LogP contribution < -0.4 is 5.32 Å². The molecular formula is C23H24N6O2. The predicted octanol–water partition coefficient (Wildman–Crippen LogP) is 3.02. The Hall–Kier alpha value is -3.39. The van der Waals surface area contributed by atoms with Crippen molar-refractivity contribution >= 4 is 17.5 Å². The van der Waals surface area contributed by atoms with Crippen molar-refractivity contribution in [3.63, 3.8) is 0 Å². The van der Waals surface area contributed by atoms with Gasteiger partial charge in [-0.25, -0.2) is 19.9 Å². The summed E-state index contributed by atoms with van der Waals surface area (Å²) >= 11 is 0. The summed E-state index contributed by atoms with van der Waals surface area (Å²) < 4.78 is 6.23. The van der Waals surface area contributed by atoms with Crippen LogP contribution in [0.5, 0.6) is 0 Å². The molecule has 8 heteroatoms. The number of nitrogens with zero attached hydrogens (tertiary/aromatic N) is 5. The SMILES string of the molecule is Cc1ncc2c(n1)C1(CCN(C(=O)c3cnc(Nc4ccccc4)nc3)CC1)OCC2. The molecule has 2 aliphatic rings. The number of hydrogen-bond acceptors (Lipinski definition) is 7. The van der Waals surface area contributed by atoms with Crippen molar-refractivity contribution < 1.29 is 9.53 Å². The Morgan fingerprint density at radius 1 is 1.06 bits per heavy atom. The van der Waals surface area contributed by atoms with E-state index >= 15 is 0 Å². The number of ether oxygens (including phenoxy) is 1. The number of aryl methyl sites for hydroxylation is 1. The van der Waals surface area contributed by atoms with Crippen LogP contribution in [-0.4, -0.2) is 50.4 Å². The van der Waals surface area contributed by atoms with Crippen LogP contribution in [0.1, 0.15) is 40.3 Å².